The van der Waals surface area contributed by atoms with E-state index in [1.165, 1.54) is 0 Å². The smallest absolute Gasteiger partial charge is 0.308 e. The van der Waals surface area contributed by atoms with Gasteiger partial charge in [0, 0.05) is 31.0 Å². The van der Waals surface area contributed by atoms with Crippen LogP contribution in [-0.4, -0.2) is 47.4 Å². The molecule has 6 nitrogen and oxygen atoms in total. The number of carbonyl (C=O) groups is 3. The van der Waals surface area contributed by atoms with Gasteiger partial charge in [0.2, 0.25) is 5.91 Å². The number of methoxy groups -OCH3 is 1. The summed E-state index contributed by atoms with van der Waals surface area (Å²) in [6.07, 6.45) is 2.90. The van der Waals surface area contributed by atoms with Gasteiger partial charge in [-0.25, -0.2) is 0 Å². The first-order valence-corrected chi connectivity index (χ1v) is 8.62. The highest BCUT2D eigenvalue weighted by Gasteiger charge is 2.34. The van der Waals surface area contributed by atoms with Gasteiger partial charge < -0.3 is 14.7 Å². The maximum absolute atomic E-state index is 12.4. The third-order valence-corrected chi connectivity index (χ3v) is 4.41. The van der Waals surface area contributed by atoms with Crippen LogP contribution in [0, 0.1) is 5.92 Å². The number of benzene rings is 1. The molecular weight excluding hydrogens is 322 g/mol. The average Bonchev–Trinajstić information content (AvgIpc) is 3.44. The molecular formula is C19H25NO5. The predicted octanol–water partition coefficient (Wildman–Crippen LogP) is 2.76. The van der Waals surface area contributed by atoms with Crippen LogP contribution in [0.25, 0.3) is 0 Å². The summed E-state index contributed by atoms with van der Waals surface area (Å²) >= 11 is 0. The lowest BCUT2D eigenvalue weighted by Crippen LogP contribution is -2.38. The minimum absolute atomic E-state index is 0.00710. The van der Waals surface area contributed by atoms with Crippen molar-refractivity contribution >= 4 is 17.7 Å². The highest BCUT2D eigenvalue weighted by molar-refractivity contribution is 5.96. The zero-order valence-corrected chi connectivity index (χ0v) is 14.7. The van der Waals surface area contributed by atoms with Gasteiger partial charge in [0.05, 0.1) is 13.0 Å². The normalized spacial score (nSPS) is 14.6. The van der Waals surface area contributed by atoms with E-state index in [0.717, 1.165) is 12.8 Å². The van der Waals surface area contributed by atoms with Gasteiger partial charge in [-0.3, -0.25) is 14.4 Å². The van der Waals surface area contributed by atoms with E-state index in [1.54, 1.807) is 43.2 Å². The zero-order valence-electron chi connectivity index (χ0n) is 14.7. The topological polar surface area (TPSA) is 83.9 Å². The Kier molecular flexibility index (Phi) is 6.56. The summed E-state index contributed by atoms with van der Waals surface area (Å²) in [6.45, 7) is 1.85. The quantitative estimate of drug-likeness (QED) is 0.658. The Morgan fingerprint density at radius 3 is 2.36 bits per heavy atom. The van der Waals surface area contributed by atoms with Crippen LogP contribution in [-0.2, 0) is 9.59 Å². The summed E-state index contributed by atoms with van der Waals surface area (Å²) in [4.78, 5) is 37.2. The number of aliphatic carboxylic acids is 1. The van der Waals surface area contributed by atoms with Crippen molar-refractivity contribution in [2.24, 2.45) is 5.92 Å². The summed E-state index contributed by atoms with van der Waals surface area (Å²) in [7, 11) is 1.57. The van der Waals surface area contributed by atoms with Crippen molar-refractivity contribution in [2.75, 3.05) is 13.7 Å². The molecule has 0 saturated heterocycles. The molecule has 0 aromatic heterocycles. The van der Waals surface area contributed by atoms with Gasteiger partial charge >= 0.3 is 5.97 Å². The van der Waals surface area contributed by atoms with Gasteiger partial charge in [0.25, 0.3) is 0 Å². The molecule has 1 amide bonds. The van der Waals surface area contributed by atoms with Crippen molar-refractivity contribution in [3.05, 3.63) is 29.8 Å². The number of amides is 1. The third-order valence-electron chi connectivity index (χ3n) is 4.41. The monoisotopic (exact) mass is 347 g/mol. The number of rotatable bonds is 10. The van der Waals surface area contributed by atoms with Crippen LogP contribution in [0.5, 0.6) is 5.75 Å². The molecule has 0 radical (unpaired) electrons. The summed E-state index contributed by atoms with van der Waals surface area (Å²) in [6, 6.07) is 7.08. The molecule has 0 bridgehead atoms. The average molecular weight is 347 g/mol. The number of hydrogen-bond acceptors (Lipinski definition) is 4. The number of ether oxygens (including phenoxy) is 1. The molecule has 1 unspecified atom stereocenters. The van der Waals surface area contributed by atoms with Gasteiger partial charge in [0.1, 0.15) is 5.75 Å². The minimum atomic E-state index is -0.895. The Morgan fingerprint density at radius 2 is 1.84 bits per heavy atom. The molecule has 1 fully saturated rings. The Balaban J connectivity index is 1.81. The van der Waals surface area contributed by atoms with E-state index in [4.69, 9.17) is 9.84 Å². The van der Waals surface area contributed by atoms with Crippen molar-refractivity contribution in [2.45, 2.75) is 45.1 Å². The van der Waals surface area contributed by atoms with Crippen LogP contribution < -0.4 is 4.74 Å². The van der Waals surface area contributed by atoms with E-state index < -0.39 is 11.9 Å². The van der Waals surface area contributed by atoms with Gasteiger partial charge in [-0.15, -0.1) is 0 Å². The molecule has 0 aliphatic heterocycles. The fourth-order valence-electron chi connectivity index (χ4n) is 2.68. The maximum atomic E-state index is 12.4. The number of carbonyl (C=O) groups excluding carboxylic acids is 2. The van der Waals surface area contributed by atoms with Gasteiger partial charge in [-0.1, -0.05) is 6.92 Å². The van der Waals surface area contributed by atoms with Crippen LogP contribution >= 0.6 is 0 Å². The first kappa shape index (κ1) is 19.0. The summed E-state index contributed by atoms with van der Waals surface area (Å²) in [5.74, 6) is -0.844. The molecule has 2 rings (SSSR count). The second-order valence-corrected chi connectivity index (χ2v) is 6.52. The summed E-state index contributed by atoms with van der Waals surface area (Å²) in [5, 5.41) is 9.04. The largest absolute Gasteiger partial charge is 0.497 e. The van der Waals surface area contributed by atoms with Crippen molar-refractivity contribution in [1.29, 1.82) is 0 Å². The Labute approximate surface area is 147 Å². The van der Waals surface area contributed by atoms with Crippen LogP contribution in [0.1, 0.15) is 49.4 Å². The number of Topliss-reactive ketones (excluding diaryl/α,β-unsaturated/α-hetero) is 1. The number of carboxylic acid groups (broad SMARTS) is 1. The number of carboxylic acids is 1. The van der Waals surface area contributed by atoms with E-state index in [0.29, 0.717) is 24.2 Å². The summed E-state index contributed by atoms with van der Waals surface area (Å²) < 4.78 is 5.06. The fraction of sp³-hybridized carbons (Fsp3) is 0.526. The number of ketones is 1. The van der Waals surface area contributed by atoms with Crippen LogP contribution in [0.2, 0.25) is 0 Å². The predicted molar refractivity (Wildman–Crippen MR) is 92.7 cm³/mol. The molecule has 1 aromatic rings. The van der Waals surface area contributed by atoms with E-state index in [1.807, 2.05) is 0 Å². The first-order chi connectivity index (χ1) is 11.9. The molecule has 6 heteroatoms. The van der Waals surface area contributed by atoms with Crippen LogP contribution in [0.4, 0.5) is 0 Å². The van der Waals surface area contributed by atoms with Crippen molar-refractivity contribution < 1.29 is 24.2 Å². The molecule has 0 heterocycles. The van der Waals surface area contributed by atoms with Gasteiger partial charge in [-0.05, 0) is 43.5 Å². The minimum Gasteiger partial charge on any atom is -0.497 e. The first-order valence-electron chi connectivity index (χ1n) is 8.62. The highest BCUT2D eigenvalue weighted by atomic mass is 16.5. The Bertz CT molecular complexity index is 621. The lowest BCUT2D eigenvalue weighted by molar-refractivity contribution is -0.143. The zero-order chi connectivity index (χ0) is 18.4. The summed E-state index contributed by atoms with van der Waals surface area (Å²) in [5.41, 5.74) is 0.604. The van der Waals surface area contributed by atoms with Crippen molar-refractivity contribution in [3.8, 4) is 5.75 Å². The molecule has 136 valence electrons. The molecule has 0 spiro atoms. The molecule has 1 N–H and O–H groups in total. The fourth-order valence-corrected chi connectivity index (χ4v) is 2.68. The van der Waals surface area contributed by atoms with E-state index in [-0.39, 0.29) is 30.7 Å². The third kappa shape index (κ3) is 5.59. The van der Waals surface area contributed by atoms with Gasteiger partial charge in [-0.2, -0.15) is 0 Å². The highest BCUT2D eigenvalue weighted by Crippen LogP contribution is 2.28. The van der Waals surface area contributed by atoms with Crippen LogP contribution in [0.15, 0.2) is 24.3 Å². The van der Waals surface area contributed by atoms with E-state index in [2.05, 4.69) is 0 Å². The molecule has 25 heavy (non-hydrogen) atoms. The van der Waals surface area contributed by atoms with Crippen molar-refractivity contribution in [3.63, 3.8) is 0 Å². The van der Waals surface area contributed by atoms with Gasteiger partial charge in [0.15, 0.2) is 5.78 Å². The molecule has 1 aromatic carbocycles. The standard InChI is InChI=1S/C19H25NO5/c1-13(19(23)24)12-20(15-8-9-15)18(22)5-3-4-17(21)14-6-10-16(25-2)11-7-14/h6-7,10-11,13,15H,3-5,8-9,12H2,1-2H3,(H,23,24). The maximum Gasteiger partial charge on any atom is 0.308 e. The molecule has 1 saturated carbocycles. The molecule has 1 atom stereocenters. The number of nitrogens with zero attached hydrogens (tertiary/aromatic N) is 1. The van der Waals surface area contributed by atoms with Crippen LogP contribution in [0.3, 0.4) is 0 Å². The molecule has 1 aliphatic rings. The Hall–Kier alpha value is -2.37. The second kappa shape index (κ2) is 8.65. The van der Waals surface area contributed by atoms with E-state index in [9.17, 15) is 14.4 Å². The number of hydrogen-bond donors (Lipinski definition) is 1. The second-order valence-electron chi connectivity index (χ2n) is 6.52. The lowest BCUT2D eigenvalue weighted by atomic mass is 10.0. The van der Waals surface area contributed by atoms with Crippen molar-refractivity contribution in [1.82, 2.24) is 4.90 Å². The lowest BCUT2D eigenvalue weighted by Gasteiger charge is -2.24. The van der Waals surface area contributed by atoms with E-state index >= 15 is 0 Å². The Morgan fingerprint density at radius 1 is 1.20 bits per heavy atom. The molecule has 1 aliphatic carbocycles. The SMILES string of the molecule is COc1ccc(C(=O)CCCC(=O)N(CC(C)C(=O)O)C2CC2)cc1.